The smallest absolute Gasteiger partial charge is 0.296 e. The summed E-state index contributed by atoms with van der Waals surface area (Å²) in [6.07, 6.45) is 1.23. The highest BCUT2D eigenvalue weighted by atomic mass is 19.3. The second-order valence-electron chi connectivity index (χ2n) is 5.33. The van der Waals surface area contributed by atoms with E-state index < -0.39 is 29.7 Å². The molecule has 2 heterocycles. The summed E-state index contributed by atoms with van der Waals surface area (Å²) in [5.41, 5.74) is 6.33. The third-order valence-corrected chi connectivity index (χ3v) is 3.52. The molecular formula is C16H12F4N6. The van der Waals surface area contributed by atoms with Crippen LogP contribution in [-0.2, 0) is 6.42 Å². The number of hydrogen-bond donors (Lipinski definition) is 2. The highest BCUT2D eigenvalue weighted by Crippen LogP contribution is 2.17. The van der Waals surface area contributed by atoms with Gasteiger partial charge in [0.25, 0.3) is 6.43 Å². The van der Waals surface area contributed by atoms with Crippen molar-refractivity contribution in [1.82, 2.24) is 14.4 Å². The minimum atomic E-state index is -3.08. The molecule has 0 fully saturated rings. The summed E-state index contributed by atoms with van der Waals surface area (Å²) in [4.78, 5) is 11.6. The van der Waals surface area contributed by atoms with Crippen LogP contribution in [0.1, 0.15) is 17.0 Å². The lowest BCUT2D eigenvalue weighted by Gasteiger charge is -2.08. The number of halogens is 4. The molecule has 0 bridgehead atoms. The Morgan fingerprint density at radius 2 is 2.08 bits per heavy atom. The Labute approximate surface area is 144 Å². The molecule has 10 heteroatoms. The van der Waals surface area contributed by atoms with Gasteiger partial charge in [-0.15, -0.1) is 0 Å². The third-order valence-electron chi connectivity index (χ3n) is 3.52. The van der Waals surface area contributed by atoms with Gasteiger partial charge in [0.1, 0.15) is 17.3 Å². The van der Waals surface area contributed by atoms with Crippen molar-refractivity contribution in [2.24, 2.45) is 10.7 Å². The highest BCUT2D eigenvalue weighted by Gasteiger charge is 2.15. The normalized spacial score (nSPS) is 12.1. The standard InChI is InChI=1S/C16H12F4N6/c17-9-1-2-10(18)8(5-9)6-11-16-23-3-4-26(16)7-12(24-11)14(21)25-15(22)13(19)20/h1-5,7,13H,6H2,(H3,21,22,25). The number of nitrogens with zero attached hydrogens (tertiary/aromatic N) is 4. The fraction of sp³-hybridized carbons (Fsp3) is 0.125. The Morgan fingerprint density at radius 3 is 2.81 bits per heavy atom. The lowest BCUT2D eigenvalue weighted by Crippen LogP contribution is -2.21. The minimum absolute atomic E-state index is 0.00714. The quantitative estimate of drug-likeness (QED) is 0.423. The van der Waals surface area contributed by atoms with Gasteiger partial charge in [-0.2, -0.15) is 0 Å². The molecule has 0 radical (unpaired) electrons. The van der Waals surface area contributed by atoms with Crippen molar-refractivity contribution in [3.63, 3.8) is 0 Å². The van der Waals surface area contributed by atoms with Crippen molar-refractivity contribution < 1.29 is 17.6 Å². The molecule has 6 nitrogen and oxygen atoms in total. The fourth-order valence-corrected chi connectivity index (χ4v) is 2.33. The zero-order valence-electron chi connectivity index (χ0n) is 13.1. The van der Waals surface area contributed by atoms with Crippen molar-refractivity contribution in [3.8, 4) is 0 Å². The molecule has 0 unspecified atom stereocenters. The van der Waals surface area contributed by atoms with E-state index >= 15 is 0 Å². The van der Waals surface area contributed by atoms with Crippen LogP contribution in [0.25, 0.3) is 5.65 Å². The molecule has 0 aliphatic rings. The first kappa shape index (κ1) is 17.5. The van der Waals surface area contributed by atoms with Gasteiger partial charge < -0.3 is 10.1 Å². The van der Waals surface area contributed by atoms with E-state index in [1.54, 1.807) is 6.20 Å². The Morgan fingerprint density at radius 1 is 1.31 bits per heavy atom. The van der Waals surface area contributed by atoms with Gasteiger partial charge in [-0.25, -0.2) is 32.5 Å². The molecule has 1 aromatic carbocycles. The zero-order chi connectivity index (χ0) is 18.8. The molecule has 0 spiro atoms. The lowest BCUT2D eigenvalue weighted by atomic mass is 10.1. The van der Waals surface area contributed by atoms with Crippen LogP contribution in [0.2, 0.25) is 0 Å². The maximum absolute atomic E-state index is 13.9. The Hall–Kier alpha value is -3.30. The number of aliphatic imine (C=N–C) groups is 1. The number of nitrogens with two attached hydrogens (primary N) is 1. The zero-order valence-corrected chi connectivity index (χ0v) is 13.1. The summed E-state index contributed by atoms with van der Waals surface area (Å²) in [5.74, 6) is -2.83. The number of aromatic nitrogens is 3. The summed E-state index contributed by atoms with van der Waals surface area (Å²) < 4.78 is 53.7. The van der Waals surface area contributed by atoms with Gasteiger partial charge in [-0.1, -0.05) is 0 Å². The van der Waals surface area contributed by atoms with Crippen molar-refractivity contribution in [2.45, 2.75) is 12.8 Å². The molecule has 0 amide bonds. The first-order valence-corrected chi connectivity index (χ1v) is 7.33. The maximum atomic E-state index is 13.9. The van der Waals surface area contributed by atoms with Crippen molar-refractivity contribution in [1.29, 1.82) is 5.41 Å². The number of nitrogens with one attached hydrogen (secondary N) is 1. The fourth-order valence-electron chi connectivity index (χ4n) is 2.33. The number of imidazole rings is 1. The summed E-state index contributed by atoms with van der Waals surface area (Å²) in [6, 6.07) is 3.03. The summed E-state index contributed by atoms with van der Waals surface area (Å²) in [6.45, 7) is 0. The molecule has 26 heavy (non-hydrogen) atoms. The van der Waals surface area contributed by atoms with E-state index in [0.717, 1.165) is 18.2 Å². The lowest BCUT2D eigenvalue weighted by molar-refractivity contribution is 0.223. The first-order valence-electron chi connectivity index (χ1n) is 7.33. The molecule has 134 valence electrons. The minimum Gasteiger partial charge on any atom is -0.382 e. The van der Waals surface area contributed by atoms with Crippen LogP contribution in [0.3, 0.4) is 0 Å². The molecule has 3 N–H and O–H groups in total. The number of alkyl halides is 2. The average molecular weight is 364 g/mol. The highest BCUT2D eigenvalue weighted by molar-refractivity contribution is 6.04. The molecule has 0 aliphatic carbocycles. The predicted octanol–water partition coefficient (Wildman–Crippen LogP) is 2.55. The largest absolute Gasteiger partial charge is 0.382 e. The molecule has 0 saturated carbocycles. The van der Waals surface area contributed by atoms with Gasteiger partial charge >= 0.3 is 0 Å². The summed E-state index contributed by atoms with van der Waals surface area (Å²) >= 11 is 0. The van der Waals surface area contributed by atoms with Gasteiger partial charge in [0, 0.05) is 25.0 Å². The van der Waals surface area contributed by atoms with Crippen molar-refractivity contribution in [2.75, 3.05) is 0 Å². The van der Waals surface area contributed by atoms with E-state index in [1.165, 1.54) is 16.8 Å². The summed E-state index contributed by atoms with van der Waals surface area (Å²) in [5, 5.41) is 7.09. The van der Waals surface area contributed by atoms with Crippen molar-refractivity contribution in [3.05, 3.63) is 65.4 Å². The number of hydrogen-bond acceptors (Lipinski definition) is 3. The monoisotopic (exact) mass is 364 g/mol. The maximum Gasteiger partial charge on any atom is 0.296 e. The second-order valence-corrected chi connectivity index (χ2v) is 5.33. The van der Waals surface area contributed by atoms with Gasteiger partial charge in [0.05, 0.1) is 5.69 Å². The second kappa shape index (κ2) is 6.90. The number of benzene rings is 1. The van der Waals surface area contributed by atoms with E-state index in [1.807, 2.05) is 0 Å². The van der Waals surface area contributed by atoms with E-state index in [9.17, 15) is 17.6 Å². The van der Waals surface area contributed by atoms with Crippen LogP contribution in [-0.4, -0.2) is 32.5 Å². The van der Waals surface area contributed by atoms with Crippen LogP contribution in [0.4, 0.5) is 17.6 Å². The van der Waals surface area contributed by atoms with Crippen LogP contribution < -0.4 is 5.73 Å². The van der Waals surface area contributed by atoms with Crippen LogP contribution in [0, 0.1) is 17.0 Å². The van der Waals surface area contributed by atoms with Crippen LogP contribution in [0.15, 0.2) is 41.8 Å². The van der Waals surface area contributed by atoms with Crippen LogP contribution in [0.5, 0.6) is 0 Å². The molecule has 3 aromatic rings. The average Bonchev–Trinajstić information content (AvgIpc) is 3.06. The van der Waals surface area contributed by atoms with Gasteiger partial charge in [-0.05, 0) is 23.8 Å². The molecule has 0 atom stereocenters. The van der Waals surface area contributed by atoms with E-state index in [2.05, 4.69) is 15.0 Å². The molecular weight excluding hydrogens is 352 g/mol. The molecule has 2 aromatic heterocycles. The van der Waals surface area contributed by atoms with Crippen molar-refractivity contribution >= 4 is 17.3 Å². The van der Waals surface area contributed by atoms with Crippen LogP contribution >= 0.6 is 0 Å². The van der Waals surface area contributed by atoms with E-state index in [-0.39, 0.29) is 23.4 Å². The SMILES string of the molecule is N=C(/N=C(\N)c1cn2ccnc2c(Cc2cc(F)ccc2F)n1)C(F)F. The predicted molar refractivity (Wildman–Crippen MR) is 86.6 cm³/mol. The summed E-state index contributed by atoms with van der Waals surface area (Å²) in [7, 11) is 0. The molecule has 3 rings (SSSR count). The Balaban J connectivity index is 2.06. The van der Waals surface area contributed by atoms with E-state index in [0.29, 0.717) is 5.65 Å². The molecule has 0 aliphatic heterocycles. The van der Waals surface area contributed by atoms with Gasteiger partial charge in [0.2, 0.25) is 0 Å². The first-order chi connectivity index (χ1) is 12.3. The number of fused-ring (bicyclic) bond motifs is 1. The van der Waals surface area contributed by atoms with Gasteiger partial charge in [0.15, 0.2) is 17.3 Å². The number of amidine groups is 2. The topological polar surface area (TPSA) is 92.4 Å². The van der Waals surface area contributed by atoms with Gasteiger partial charge in [-0.3, -0.25) is 5.41 Å². The third kappa shape index (κ3) is 3.53. The Kier molecular flexibility index (Phi) is 4.65. The molecule has 0 saturated heterocycles. The Bertz CT molecular complexity index is 1010. The van der Waals surface area contributed by atoms with E-state index in [4.69, 9.17) is 11.1 Å². The number of rotatable bonds is 4.